The van der Waals surface area contributed by atoms with E-state index in [-0.39, 0.29) is 11.8 Å². The molecule has 1 amide bonds. The fourth-order valence-corrected chi connectivity index (χ4v) is 3.08. The van der Waals surface area contributed by atoms with Crippen molar-refractivity contribution in [1.29, 1.82) is 0 Å². The smallest absolute Gasteiger partial charge is 0.410 e. The number of ether oxygens (including phenoxy) is 1. The minimum absolute atomic E-state index is 0.230. The minimum atomic E-state index is -2.86. The molecule has 0 saturated carbocycles. The van der Waals surface area contributed by atoms with E-state index in [1.54, 1.807) is 4.90 Å². The molecule has 1 N–H and O–H groups in total. The molecule has 22 heavy (non-hydrogen) atoms. The maximum atomic E-state index is 11.9. The third kappa shape index (κ3) is 8.58. The Bertz CT molecular complexity index is 449. The Hall–Kier alpha value is -0.820. The first kappa shape index (κ1) is 19.2. The molecule has 0 radical (unpaired) electrons. The third-order valence-electron chi connectivity index (χ3n) is 3.57. The molecule has 1 saturated heterocycles. The van der Waals surface area contributed by atoms with Crippen LogP contribution >= 0.6 is 0 Å². The van der Waals surface area contributed by atoms with E-state index >= 15 is 0 Å². The van der Waals surface area contributed by atoms with Crippen molar-refractivity contribution in [3.63, 3.8) is 0 Å². The van der Waals surface area contributed by atoms with Gasteiger partial charge < -0.3 is 15.0 Å². The zero-order valence-corrected chi connectivity index (χ0v) is 15.0. The SMILES string of the molecule is CC(C)(C)OC(=O)N1CCC(CNCCCS(C)(=O)=O)CC1. The molecule has 0 spiro atoms. The molecule has 1 heterocycles. The number of hydrogen-bond acceptors (Lipinski definition) is 5. The highest BCUT2D eigenvalue weighted by Crippen LogP contribution is 2.19. The molecular formula is C15H30N2O4S. The molecule has 0 aromatic heterocycles. The monoisotopic (exact) mass is 334 g/mol. The number of carbonyl (C=O) groups is 1. The summed E-state index contributed by atoms with van der Waals surface area (Å²) in [7, 11) is -2.86. The summed E-state index contributed by atoms with van der Waals surface area (Å²) < 4.78 is 27.4. The van der Waals surface area contributed by atoms with Crippen molar-refractivity contribution >= 4 is 15.9 Å². The van der Waals surface area contributed by atoms with E-state index < -0.39 is 15.4 Å². The van der Waals surface area contributed by atoms with Crippen LogP contribution in [0.25, 0.3) is 0 Å². The predicted octanol–water partition coefficient (Wildman–Crippen LogP) is 1.66. The first-order valence-corrected chi connectivity index (χ1v) is 9.99. The lowest BCUT2D eigenvalue weighted by atomic mass is 9.97. The van der Waals surface area contributed by atoms with Crippen molar-refractivity contribution in [1.82, 2.24) is 10.2 Å². The van der Waals surface area contributed by atoms with Gasteiger partial charge in [-0.1, -0.05) is 0 Å². The molecule has 0 aliphatic carbocycles. The average Bonchev–Trinajstić information content (AvgIpc) is 2.35. The summed E-state index contributed by atoms with van der Waals surface area (Å²) in [5.41, 5.74) is -0.449. The molecule has 1 aliphatic rings. The van der Waals surface area contributed by atoms with Crippen LogP contribution in [0.2, 0.25) is 0 Å². The van der Waals surface area contributed by atoms with Crippen LogP contribution in [-0.2, 0) is 14.6 Å². The van der Waals surface area contributed by atoms with Gasteiger partial charge in [-0.15, -0.1) is 0 Å². The third-order valence-corrected chi connectivity index (χ3v) is 4.60. The van der Waals surface area contributed by atoms with Crippen LogP contribution in [0.1, 0.15) is 40.0 Å². The molecule has 0 aromatic rings. The topological polar surface area (TPSA) is 75.7 Å². The number of carbonyl (C=O) groups excluding carboxylic acids is 1. The maximum Gasteiger partial charge on any atom is 0.410 e. The summed E-state index contributed by atoms with van der Waals surface area (Å²) in [5.74, 6) is 0.772. The van der Waals surface area contributed by atoms with Crippen LogP contribution < -0.4 is 5.32 Å². The zero-order chi connectivity index (χ0) is 16.8. The second-order valence-corrected chi connectivity index (χ2v) is 9.36. The highest BCUT2D eigenvalue weighted by atomic mass is 32.2. The summed E-state index contributed by atoms with van der Waals surface area (Å²) in [6, 6.07) is 0. The summed E-state index contributed by atoms with van der Waals surface area (Å²) in [6.45, 7) is 8.68. The quantitative estimate of drug-likeness (QED) is 0.748. The Kier molecular flexibility index (Phi) is 7.12. The number of amides is 1. The van der Waals surface area contributed by atoms with Crippen molar-refractivity contribution in [2.45, 2.75) is 45.6 Å². The van der Waals surface area contributed by atoms with Crippen molar-refractivity contribution < 1.29 is 17.9 Å². The number of rotatable bonds is 6. The molecule has 6 nitrogen and oxygen atoms in total. The Morgan fingerprint density at radius 2 is 1.86 bits per heavy atom. The van der Waals surface area contributed by atoms with E-state index in [0.717, 1.165) is 39.0 Å². The van der Waals surface area contributed by atoms with Crippen molar-refractivity contribution in [2.24, 2.45) is 5.92 Å². The molecule has 1 fully saturated rings. The summed E-state index contributed by atoms with van der Waals surface area (Å²) in [6.07, 6.45) is 3.60. The lowest BCUT2D eigenvalue weighted by Crippen LogP contribution is -2.43. The van der Waals surface area contributed by atoms with Gasteiger partial charge in [0.05, 0.1) is 5.75 Å². The number of sulfone groups is 1. The molecule has 0 unspecified atom stereocenters. The van der Waals surface area contributed by atoms with Crippen LogP contribution in [0.15, 0.2) is 0 Å². The largest absolute Gasteiger partial charge is 0.444 e. The number of nitrogens with zero attached hydrogens (tertiary/aromatic N) is 1. The molecule has 1 rings (SSSR count). The standard InChI is InChI=1S/C15H30N2O4S/c1-15(2,3)21-14(18)17-9-6-13(7-10-17)12-16-8-5-11-22(4,19)20/h13,16H,5-12H2,1-4H3. The highest BCUT2D eigenvalue weighted by molar-refractivity contribution is 7.90. The van der Waals surface area contributed by atoms with Gasteiger partial charge in [-0.05, 0) is 59.0 Å². The highest BCUT2D eigenvalue weighted by Gasteiger charge is 2.26. The van der Waals surface area contributed by atoms with Gasteiger partial charge in [-0.25, -0.2) is 13.2 Å². The number of piperidine rings is 1. The first-order chi connectivity index (χ1) is 10.1. The molecular weight excluding hydrogens is 304 g/mol. The van der Waals surface area contributed by atoms with E-state index in [2.05, 4.69) is 5.32 Å². The second kappa shape index (κ2) is 8.15. The van der Waals surface area contributed by atoms with Crippen molar-refractivity contribution in [2.75, 3.05) is 38.2 Å². The summed E-state index contributed by atoms with van der Waals surface area (Å²) >= 11 is 0. The number of nitrogens with one attached hydrogen (secondary N) is 1. The van der Waals surface area contributed by atoms with Crippen LogP contribution in [-0.4, -0.2) is 63.2 Å². The van der Waals surface area contributed by atoms with Gasteiger partial charge in [0, 0.05) is 19.3 Å². The van der Waals surface area contributed by atoms with Gasteiger partial charge in [-0.2, -0.15) is 0 Å². The van der Waals surface area contributed by atoms with E-state index in [9.17, 15) is 13.2 Å². The zero-order valence-electron chi connectivity index (χ0n) is 14.2. The Balaban J connectivity index is 2.16. The van der Waals surface area contributed by atoms with E-state index in [1.807, 2.05) is 20.8 Å². The molecule has 7 heteroatoms. The minimum Gasteiger partial charge on any atom is -0.444 e. The second-order valence-electron chi connectivity index (χ2n) is 7.10. The Morgan fingerprint density at radius 1 is 1.27 bits per heavy atom. The first-order valence-electron chi connectivity index (χ1n) is 7.93. The van der Waals surface area contributed by atoms with Crippen LogP contribution in [0, 0.1) is 5.92 Å². The fraction of sp³-hybridized carbons (Fsp3) is 0.933. The molecule has 130 valence electrons. The maximum absolute atomic E-state index is 11.9. The van der Waals surface area contributed by atoms with Gasteiger partial charge >= 0.3 is 6.09 Å². The number of hydrogen-bond donors (Lipinski definition) is 1. The van der Waals surface area contributed by atoms with Gasteiger partial charge in [0.25, 0.3) is 0 Å². The average molecular weight is 334 g/mol. The number of likely N-dealkylation sites (tertiary alicyclic amines) is 1. The van der Waals surface area contributed by atoms with Crippen LogP contribution in [0.4, 0.5) is 4.79 Å². The van der Waals surface area contributed by atoms with Gasteiger partial charge in [0.2, 0.25) is 0 Å². The Labute approximate surface area is 134 Å². The van der Waals surface area contributed by atoms with Crippen LogP contribution in [0.5, 0.6) is 0 Å². The van der Waals surface area contributed by atoms with Gasteiger partial charge in [-0.3, -0.25) is 0 Å². The lowest BCUT2D eigenvalue weighted by molar-refractivity contribution is 0.0184. The molecule has 1 aliphatic heterocycles. The van der Waals surface area contributed by atoms with E-state index in [0.29, 0.717) is 12.3 Å². The van der Waals surface area contributed by atoms with Crippen LogP contribution in [0.3, 0.4) is 0 Å². The molecule has 0 atom stereocenters. The van der Waals surface area contributed by atoms with E-state index in [1.165, 1.54) is 6.26 Å². The van der Waals surface area contributed by atoms with E-state index in [4.69, 9.17) is 4.74 Å². The normalized spacial score (nSPS) is 17.5. The Morgan fingerprint density at radius 3 is 2.36 bits per heavy atom. The summed E-state index contributed by atoms with van der Waals surface area (Å²) in [5, 5.41) is 3.31. The molecule has 0 bridgehead atoms. The van der Waals surface area contributed by atoms with Crippen molar-refractivity contribution in [3.8, 4) is 0 Å². The lowest BCUT2D eigenvalue weighted by Gasteiger charge is -2.33. The fourth-order valence-electron chi connectivity index (χ4n) is 2.41. The predicted molar refractivity (Wildman–Crippen MR) is 87.7 cm³/mol. The van der Waals surface area contributed by atoms with Gasteiger partial charge in [0.15, 0.2) is 0 Å². The molecule has 0 aromatic carbocycles. The van der Waals surface area contributed by atoms with Gasteiger partial charge in [0.1, 0.15) is 15.4 Å². The summed E-state index contributed by atoms with van der Waals surface area (Å²) in [4.78, 5) is 13.7. The van der Waals surface area contributed by atoms with Crippen molar-refractivity contribution in [3.05, 3.63) is 0 Å².